The van der Waals surface area contributed by atoms with Gasteiger partial charge in [0.2, 0.25) is 0 Å². The molecule has 1 N–H and O–H groups in total. The smallest absolute Gasteiger partial charge is 0.373 e. The molecular weight excluding hydrogens is 234 g/mol. The second-order valence-electron chi connectivity index (χ2n) is 3.63. The van der Waals surface area contributed by atoms with Crippen molar-refractivity contribution in [3.63, 3.8) is 0 Å². The second-order valence-corrected chi connectivity index (χ2v) is 6.57. The number of hydrogen-bond acceptors (Lipinski definition) is 4. The zero-order valence-corrected chi connectivity index (χ0v) is 11.5. The molecule has 1 aromatic rings. The van der Waals surface area contributed by atoms with E-state index in [1.54, 1.807) is 0 Å². The standard InChI is InChI=1S/C12H19NO3Si/c1-14-17(15-2,16-3)12(13)10-9-11-7-5-4-6-8-11/h4-8,13H,9-10H2,1-3H3. The molecule has 0 radical (unpaired) electrons. The molecule has 0 aromatic heterocycles. The van der Waals surface area contributed by atoms with E-state index in [9.17, 15) is 0 Å². The third-order valence-electron chi connectivity index (χ3n) is 2.68. The third kappa shape index (κ3) is 3.47. The van der Waals surface area contributed by atoms with E-state index in [1.807, 2.05) is 30.3 Å². The number of aryl methyl sites for hydroxylation is 1. The second kappa shape index (κ2) is 6.66. The SMILES string of the molecule is CO[Si](OC)(OC)C(=N)CCc1ccccc1. The molecule has 94 valence electrons. The van der Waals surface area contributed by atoms with Crippen molar-refractivity contribution in [2.24, 2.45) is 0 Å². The molecule has 1 aromatic carbocycles. The van der Waals surface area contributed by atoms with Crippen LogP contribution in [0.5, 0.6) is 0 Å². The van der Waals surface area contributed by atoms with Gasteiger partial charge >= 0.3 is 8.80 Å². The first-order chi connectivity index (χ1) is 8.18. The highest BCUT2D eigenvalue weighted by Crippen LogP contribution is 2.13. The highest BCUT2D eigenvalue weighted by molar-refractivity contribution is 6.92. The first kappa shape index (κ1) is 14.0. The van der Waals surface area contributed by atoms with Crippen LogP contribution in [0.4, 0.5) is 0 Å². The first-order valence-corrected chi connectivity index (χ1v) is 7.18. The van der Waals surface area contributed by atoms with Crippen LogP contribution in [-0.4, -0.2) is 35.5 Å². The molecule has 0 saturated carbocycles. The number of benzene rings is 1. The van der Waals surface area contributed by atoms with E-state index in [-0.39, 0.29) is 0 Å². The highest BCUT2D eigenvalue weighted by atomic mass is 28.4. The molecule has 0 amide bonds. The van der Waals surface area contributed by atoms with Gasteiger partial charge in [0.15, 0.2) is 0 Å². The first-order valence-electron chi connectivity index (χ1n) is 5.45. The summed E-state index contributed by atoms with van der Waals surface area (Å²) in [5, 5.41) is 8.44. The minimum absolute atomic E-state index is 0.411. The molecule has 0 aliphatic rings. The average Bonchev–Trinajstić information content (AvgIpc) is 2.40. The van der Waals surface area contributed by atoms with E-state index in [0.29, 0.717) is 11.8 Å². The van der Waals surface area contributed by atoms with Gasteiger partial charge in [-0.05, 0) is 18.4 Å². The molecule has 0 bridgehead atoms. The zero-order valence-electron chi connectivity index (χ0n) is 10.5. The highest BCUT2D eigenvalue weighted by Gasteiger charge is 2.43. The maximum atomic E-state index is 8.03. The third-order valence-corrected chi connectivity index (χ3v) is 5.28. The van der Waals surface area contributed by atoms with Crippen LogP contribution in [-0.2, 0) is 19.7 Å². The van der Waals surface area contributed by atoms with Crippen LogP contribution in [0, 0.1) is 5.41 Å². The summed E-state index contributed by atoms with van der Waals surface area (Å²) < 4.78 is 15.8. The van der Waals surface area contributed by atoms with Crippen molar-refractivity contribution in [2.75, 3.05) is 21.3 Å². The van der Waals surface area contributed by atoms with E-state index in [2.05, 4.69) is 0 Å². The molecule has 0 fully saturated rings. The van der Waals surface area contributed by atoms with Crippen LogP contribution in [0.25, 0.3) is 0 Å². The summed E-state index contributed by atoms with van der Waals surface area (Å²) in [7, 11) is 1.68. The molecule has 0 aliphatic heterocycles. The van der Waals surface area contributed by atoms with Crippen molar-refractivity contribution in [1.82, 2.24) is 0 Å². The van der Waals surface area contributed by atoms with Crippen molar-refractivity contribution in [2.45, 2.75) is 12.8 Å². The zero-order chi connectivity index (χ0) is 12.7. The lowest BCUT2D eigenvalue weighted by Gasteiger charge is -2.24. The van der Waals surface area contributed by atoms with Crippen molar-refractivity contribution in [3.05, 3.63) is 35.9 Å². The van der Waals surface area contributed by atoms with Crippen molar-refractivity contribution in [1.29, 1.82) is 5.41 Å². The van der Waals surface area contributed by atoms with Crippen LogP contribution in [0.3, 0.4) is 0 Å². The molecule has 0 atom stereocenters. The predicted molar refractivity (Wildman–Crippen MR) is 69.3 cm³/mol. The van der Waals surface area contributed by atoms with Gasteiger partial charge in [0, 0.05) is 21.3 Å². The van der Waals surface area contributed by atoms with Crippen LogP contribution < -0.4 is 0 Å². The van der Waals surface area contributed by atoms with E-state index in [4.69, 9.17) is 18.7 Å². The summed E-state index contributed by atoms with van der Waals surface area (Å²) in [6.07, 6.45) is 1.39. The molecular formula is C12H19NO3Si. The Morgan fingerprint density at radius 3 is 2.06 bits per heavy atom. The van der Waals surface area contributed by atoms with Crippen LogP contribution >= 0.6 is 0 Å². The lowest BCUT2D eigenvalue weighted by Crippen LogP contribution is -2.51. The monoisotopic (exact) mass is 253 g/mol. The summed E-state index contributed by atoms with van der Waals surface area (Å²) in [5.74, 6) is 0. The Kier molecular flexibility index (Phi) is 5.50. The van der Waals surface area contributed by atoms with Crippen LogP contribution in [0.15, 0.2) is 30.3 Å². The van der Waals surface area contributed by atoms with Crippen molar-refractivity contribution >= 4 is 14.1 Å². The number of hydrogen-bond donors (Lipinski definition) is 1. The largest absolute Gasteiger partial charge is 0.550 e. The van der Waals surface area contributed by atoms with E-state index < -0.39 is 8.80 Å². The fraction of sp³-hybridized carbons (Fsp3) is 0.417. The molecule has 17 heavy (non-hydrogen) atoms. The molecule has 0 heterocycles. The van der Waals surface area contributed by atoms with Gasteiger partial charge in [0.05, 0.1) is 5.33 Å². The maximum Gasteiger partial charge on any atom is 0.550 e. The Hall–Kier alpha value is -1.01. The van der Waals surface area contributed by atoms with E-state index >= 15 is 0 Å². The van der Waals surface area contributed by atoms with Crippen molar-refractivity contribution in [3.8, 4) is 0 Å². The van der Waals surface area contributed by atoms with Gasteiger partial charge < -0.3 is 18.7 Å². The quantitative estimate of drug-likeness (QED) is 0.598. The van der Waals surface area contributed by atoms with Gasteiger partial charge in [0.25, 0.3) is 0 Å². The number of rotatable bonds is 7. The van der Waals surface area contributed by atoms with Gasteiger partial charge in [-0.25, -0.2) is 0 Å². The predicted octanol–water partition coefficient (Wildman–Crippen LogP) is 2.06. The lowest BCUT2D eigenvalue weighted by molar-refractivity contribution is 0.144. The molecule has 1 rings (SSSR count). The summed E-state index contributed by atoms with van der Waals surface area (Å²) in [6, 6.07) is 10.1. The van der Waals surface area contributed by atoms with Gasteiger partial charge in [-0.15, -0.1) is 0 Å². The van der Waals surface area contributed by atoms with E-state index in [0.717, 1.165) is 6.42 Å². The molecule has 0 aliphatic carbocycles. The van der Waals surface area contributed by atoms with Gasteiger partial charge in [0.1, 0.15) is 0 Å². The molecule has 0 unspecified atom stereocenters. The minimum atomic E-state index is -2.89. The molecule has 0 spiro atoms. The van der Waals surface area contributed by atoms with Gasteiger partial charge in [-0.2, -0.15) is 0 Å². The lowest BCUT2D eigenvalue weighted by atomic mass is 10.1. The Morgan fingerprint density at radius 1 is 1.06 bits per heavy atom. The molecule has 0 saturated heterocycles. The van der Waals surface area contributed by atoms with Crippen molar-refractivity contribution < 1.29 is 13.3 Å². The summed E-state index contributed by atoms with van der Waals surface area (Å²) in [5.41, 5.74) is 1.20. The Balaban J connectivity index is 2.60. The topological polar surface area (TPSA) is 51.5 Å². The Morgan fingerprint density at radius 2 is 1.59 bits per heavy atom. The van der Waals surface area contributed by atoms with Crippen LogP contribution in [0.1, 0.15) is 12.0 Å². The minimum Gasteiger partial charge on any atom is -0.373 e. The Bertz CT molecular complexity index is 344. The molecule has 5 heteroatoms. The molecule has 4 nitrogen and oxygen atoms in total. The van der Waals surface area contributed by atoms with Gasteiger partial charge in [-0.1, -0.05) is 30.3 Å². The fourth-order valence-corrected chi connectivity index (χ4v) is 3.36. The normalized spacial score (nSPS) is 11.5. The maximum absolute atomic E-state index is 8.03. The van der Waals surface area contributed by atoms with Gasteiger partial charge in [-0.3, -0.25) is 0 Å². The summed E-state index contributed by atoms with van der Waals surface area (Å²) in [4.78, 5) is 0. The fourth-order valence-electron chi connectivity index (χ4n) is 1.69. The number of nitrogens with one attached hydrogen (secondary N) is 1. The Labute approximate surface area is 103 Å². The van der Waals surface area contributed by atoms with Crippen LogP contribution in [0.2, 0.25) is 0 Å². The summed E-state index contributed by atoms with van der Waals surface area (Å²) in [6.45, 7) is 0. The summed E-state index contributed by atoms with van der Waals surface area (Å²) >= 11 is 0. The van der Waals surface area contributed by atoms with E-state index in [1.165, 1.54) is 26.9 Å². The average molecular weight is 253 g/mol.